The Kier molecular flexibility index (Phi) is 4.41. The quantitative estimate of drug-likeness (QED) is 0.920. The van der Waals surface area contributed by atoms with Crippen molar-refractivity contribution in [3.8, 4) is 0 Å². The summed E-state index contributed by atoms with van der Waals surface area (Å²) in [7, 11) is -3.87. The van der Waals surface area contributed by atoms with E-state index in [-0.39, 0.29) is 26.2 Å². The number of benzene rings is 2. The van der Waals surface area contributed by atoms with Gasteiger partial charge in [0.1, 0.15) is 0 Å². The maximum atomic E-state index is 12.2. The molecule has 2 aromatic rings. The van der Waals surface area contributed by atoms with E-state index < -0.39 is 16.0 Å². The molecule has 0 spiro atoms. The molecule has 0 bridgehead atoms. The molecule has 0 saturated carbocycles. The molecule has 0 aliphatic heterocycles. The van der Waals surface area contributed by atoms with Gasteiger partial charge in [-0.05, 0) is 35.9 Å². The van der Waals surface area contributed by atoms with Crippen molar-refractivity contribution in [1.29, 1.82) is 0 Å². The first-order chi connectivity index (χ1) is 9.78. The van der Waals surface area contributed by atoms with Crippen LogP contribution < -0.4 is 9.83 Å². The molecule has 0 radical (unpaired) electrons. The predicted molar refractivity (Wildman–Crippen MR) is 78.0 cm³/mol. The lowest BCUT2D eigenvalue weighted by molar-refractivity contribution is -0.255. The highest BCUT2D eigenvalue weighted by molar-refractivity contribution is 7.92. The van der Waals surface area contributed by atoms with Gasteiger partial charge in [-0.25, -0.2) is 8.42 Å². The highest BCUT2D eigenvalue weighted by Gasteiger charge is 2.15. The van der Waals surface area contributed by atoms with E-state index in [9.17, 15) is 18.3 Å². The Bertz CT molecular complexity index is 768. The van der Waals surface area contributed by atoms with Crippen molar-refractivity contribution in [2.45, 2.75) is 4.90 Å². The van der Waals surface area contributed by atoms with Crippen LogP contribution in [0.25, 0.3) is 0 Å². The van der Waals surface area contributed by atoms with Gasteiger partial charge in [-0.3, -0.25) is 4.72 Å². The van der Waals surface area contributed by atoms with Crippen molar-refractivity contribution in [2.24, 2.45) is 0 Å². The summed E-state index contributed by atoms with van der Waals surface area (Å²) in [4.78, 5) is 10.5. The zero-order chi connectivity index (χ0) is 15.6. The number of rotatable bonds is 4. The smallest absolute Gasteiger partial charge is 0.261 e. The van der Waals surface area contributed by atoms with Crippen LogP contribution in [0.2, 0.25) is 10.0 Å². The van der Waals surface area contributed by atoms with E-state index in [1.807, 2.05) is 0 Å². The molecular weight excluding hydrogens is 337 g/mol. The fourth-order valence-electron chi connectivity index (χ4n) is 1.57. The van der Waals surface area contributed by atoms with Gasteiger partial charge in [-0.2, -0.15) is 0 Å². The lowest BCUT2D eigenvalue weighted by atomic mass is 10.2. The van der Waals surface area contributed by atoms with Gasteiger partial charge in [0.25, 0.3) is 10.0 Å². The van der Waals surface area contributed by atoms with Crippen LogP contribution in [0.1, 0.15) is 10.4 Å². The van der Waals surface area contributed by atoms with Crippen molar-refractivity contribution in [1.82, 2.24) is 0 Å². The number of carboxylic acids is 1. The number of aromatic carboxylic acids is 1. The molecule has 8 heteroatoms. The van der Waals surface area contributed by atoms with Gasteiger partial charge in [0.15, 0.2) is 0 Å². The van der Waals surface area contributed by atoms with E-state index in [2.05, 4.69) is 4.72 Å². The van der Waals surface area contributed by atoms with Crippen LogP contribution >= 0.6 is 23.2 Å². The molecule has 0 aliphatic carbocycles. The summed E-state index contributed by atoms with van der Waals surface area (Å²) in [6.07, 6.45) is 0. The number of carboxylic acid groups (broad SMARTS) is 1. The Labute approximate surface area is 131 Å². The minimum Gasteiger partial charge on any atom is -0.545 e. The Hall–Kier alpha value is -1.76. The molecule has 21 heavy (non-hydrogen) atoms. The summed E-state index contributed by atoms with van der Waals surface area (Å²) in [5.74, 6) is -1.34. The van der Waals surface area contributed by atoms with Gasteiger partial charge < -0.3 is 9.90 Å². The van der Waals surface area contributed by atoms with Crippen molar-refractivity contribution in [2.75, 3.05) is 4.72 Å². The third-order valence-electron chi connectivity index (χ3n) is 2.52. The van der Waals surface area contributed by atoms with Crippen molar-refractivity contribution in [3.05, 3.63) is 58.1 Å². The fraction of sp³-hybridized carbons (Fsp3) is 0. The molecule has 0 heterocycles. The van der Waals surface area contributed by atoms with Crippen molar-refractivity contribution < 1.29 is 18.3 Å². The average molecular weight is 345 g/mol. The second-order valence-corrected chi connectivity index (χ2v) is 6.63. The summed E-state index contributed by atoms with van der Waals surface area (Å²) < 4.78 is 26.6. The van der Waals surface area contributed by atoms with Crippen LogP contribution in [0.3, 0.4) is 0 Å². The molecule has 0 saturated heterocycles. The number of carbonyl (C=O) groups excluding carboxylic acids is 1. The molecule has 0 aromatic heterocycles. The summed E-state index contributed by atoms with van der Waals surface area (Å²) in [6.45, 7) is 0. The van der Waals surface area contributed by atoms with E-state index in [4.69, 9.17) is 23.2 Å². The van der Waals surface area contributed by atoms with Crippen LogP contribution in [0.4, 0.5) is 5.69 Å². The molecule has 110 valence electrons. The van der Waals surface area contributed by atoms with Gasteiger partial charge in [0, 0.05) is 15.7 Å². The number of halogens is 2. The topological polar surface area (TPSA) is 86.3 Å². The molecule has 1 N–H and O–H groups in total. The molecule has 0 atom stereocenters. The molecular formula is C13H8Cl2NO4S-. The van der Waals surface area contributed by atoms with Crippen LogP contribution in [0.15, 0.2) is 47.4 Å². The number of sulfonamides is 1. The third kappa shape index (κ3) is 3.87. The molecule has 2 aromatic carbocycles. The minimum absolute atomic E-state index is 0.0521. The minimum atomic E-state index is -3.87. The number of anilines is 1. The van der Waals surface area contributed by atoms with Gasteiger partial charge in [0.2, 0.25) is 0 Å². The lowest BCUT2D eigenvalue weighted by Crippen LogP contribution is -2.22. The Balaban J connectivity index is 2.30. The molecule has 0 unspecified atom stereocenters. The zero-order valence-electron chi connectivity index (χ0n) is 10.3. The third-order valence-corrected chi connectivity index (χ3v) is 4.32. The number of hydrogen-bond acceptors (Lipinski definition) is 4. The van der Waals surface area contributed by atoms with Crippen molar-refractivity contribution in [3.63, 3.8) is 0 Å². The van der Waals surface area contributed by atoms with Crippen molar-refractivity contribution >= 4 is 44.9 Å². The summed E-state index contributed by atoms with van der Waals surface area (Å²) in [5, 5.41) is 11.0. The standard InChI is InChI=1S/C13H9Cl2NO4S/c14-9-5-10(15)7-12(6-9)21(19,20)16-11-3-1-8(2-4-11)13(17)18/h1-7,16H,(H,17,18)/p-1. The number of carbonyl (C=O) groups is 1. The first-order valence-electron chi connectivity index (χ1n) is 5.58. The normalized spacial score (nSPS) is 11.1. The molecule has 0 aliphatic rings. The second-order valence-electron chi connectivity index (χ2n) is 4.08. The first-order valence-corrected chi connectivity index (χ1v) is 7.82. The number of nitrogens with one attached hydrogen (secondary N) is 1. The fourth-order valence-corrected chi connectivity index (χ4v) is 3.36. The number of hydrogen-bond donors (Lipinski definition) is 1. The second kappa shape index (κ2) is 5.93. The van der Waals surface area contributed by atoms with E-state index in [1.54, 1.807) is 0 Å². The predicted octanol–water partition coefficient (Wildman–Crippen LogP) is 2.16. The van der Waals surface area contributed by atoms with E-state index in [1.165, 1.54) is 42.5 Å². The van der Waals surface area contributed by atoms with Gasteiger partial charge in [-0.1, -0.05) is 35.3 Å². The molecule has 0 amide bonds. The lowest BCUT2D eigenvalue weighted by Gasteiger charge is -2.10. The van der Waals surface area contributed by atoms with E-state index in [0.717, 1.165) is 0 Å². The Morgan fingerprint density at radius 2 is 1.52 bits per heavy atom. The van der Waals surface area contributed by atoms with Crippen LogP contribution in [-0.4, -0.2) is 14.4 Å². The van der Waals surface area contributed by atoms with Crippen LogP contribution in [0, 0.1) is 0 Å². The van der Waals surface area contributed by atoms with E-state index in [0.29, 0.717) is 0 Å². The maximum Gasteiger partial charge on any atom is 0.261 e. The maximum absolute atomic E-state index is 12.2. The Morgan fingerprint density at radius 1 is 1.00 bits per heavy atom. The molecule has 2 rings (SSSR count). The SMILES string of the molecule is O=C([O-])c1ccc(NS(=O)(=O)c2cc(Cl)cc(Cl)c2)cc1. The molecule has 5 nitrogen and oxygen atoms in total. The van der Waals surface area contributed by atoms with Crippen LogP contribution in [-0.2, 0) is 10.0 Å². The Morgan fingerprint density at radius 3 is 2.00 bits per heavy atom. The van der Waals surface area contributed by atoms with E-state index >= 15 is 0 Å². The average Bonchev–Trinajstić information content (AvgIpc) is 2.37. The highest BCUT2D eigenvalue weighted by Crippen LogP contribution is 2.24. The van der Waals surface area contributed by atoms with Gasteiger partial charge in [-0.15, -0.1) is 0 Å². The summed E-state index contributed by atoms with van der Waals surface area (Å²) >= 11 is 11.5. The summed E-state index contributed by atoms with van der Waals surface area (Å²) in [6, 6.07) is 9.02. The zero-order valence-corrected chi connectivity index (χ0v) is 12.7. The molecule has 0 fully saturated rings. The highest BCUT2D eigenvalue weighted by atomic mass is 35.5. The van der Waals surface area contributed by atoms with Gasteiger partial charge >= 0.3 is 0 Å². The first kappa shape index (κ1) is 15.6. The largest absolute Gasteiger partial charge is 0.545 e. The van der Waals surface area contributed by atoms with Gasteiger partial charge in [0.05, 0.1) is 10.9 Å². The monoisotopic (exact) mass is 344 g/mol. The summed E-state index contributed by atoms with van der Waals surface area (Å²) in [5.41, 5.74) is 0.153. The van der Waals surface area contributed by atoms with Crippen LogP contribution in [0.5, 0.6) is 0 Å².